The van der Waals surface area contributed by atoms with Gasteiger partial charge in [-0.05, 0) is 26.0 Å². The van der Waals surface area contributed by atoms with Crippen LogP contribution in [-0.4, -0.2) is 36.7 Å². The van der Waals surface area contributed by atoms with Crippen molar-refractivity contribution >= 4 is 17.6 Å². The van der Waals surface area contributed by atoms with Crippen molar-refractivity contribution in [3.8, 4) is 11.5 Å². The number of anilines is 1. The standard InChI is InChI=1S/C15H19NO5/c1-3-20-11-5-6-13(21-4-2)12(8-11)16-9-10(15(18)19)7-14(16)17/h5-6,8,10H,3-4,7,9H2,1-2H3,(H,18,19). The van der Waals surface area contributed by atoms with Gasteiger partial charge in [-0.25, -0.2) is 0 Å². The Morgan fingerprint density at radius 2 is 2.05 bits per heavy atom. The van der Waals surface area contributed by atoms with E-state index in [1.807, 2.05) is 13.8 Å². The number of benzene rings is 1. The highest BCUT2D eigenvalue weighted by atomic mass is 16.5. The molecule has 1 N–H and O–H groups in total. The van der Waals surface area contributed by atoms with Crippen molar-refractivity contribution in [2.24, 2.45) is 5.92 Å². The fraction of sp³-hybridized carbons (Fsp3) is 0.467. The van der Waals surface area contributed by atoms with Gasteiger partial charge in [-0.15, -0.1) is 0 Å². The minimum absolute atomic E-state index is 0.0137. The molecule has 1 aromatic carbocycles. The Kier molecular flexibility index (Phi) is 4.67. The molecule has 1 saturated heterocycles. The van der Waals surface area contributed by atoms with Crippen molar-refractivity contribution in [2.45, 2.75) is 20.3 Å². The lowest BCUT2D eigenvalue weighted by atomic mass is 10.1. The average Bonchev–Trinajstić information content (AvgIpc) is 2.83. The van der Waals surface area contributed by atoms with Gasteiger partial charge >= 0.3 is 5.97 Å². The highest BCUT2D eigenvalue weighted by molar-refractivity contribution is 6.00. The predicted molar refractivity (Wildman–Crippen MR) is 76.9 cm³/mol. The minimum atomic E-state index is -0.954. The fourth-order valence-corrected chi connectivity index (χ4v) is 2.35. The third kappa shape index (κ3) is 3.26. The monoisotopic (exact) mass is 293 g/mol. The summed E-state index contributed by atoms with van der Waals surface area (Å²) < 4.78 is 11.0. The fourth-order valence-electron chi connectivity index (χ4n) is 2.35. The molecule has 21 heavy (non-hydrogen) atoms. The minimum Gasteiger partial charge on any atom is -0.494 e. The lowest BCUT2D eigenvalue weighted by Crippen LogP contribution is -2.26. The Bertz CT molecular complexity index is 543. The van der Waals surface area contributed by atoms with Crippen molar-refractivity contribution in [2.75, 3.05) is 24.7 Å². The number of amides is 1. The van der Waals surface area contributed by atoms with E-state index in [4.69, 9.17) is 14.6 Å². The third-order valence-corrected chi connectivity index (χ3v) is 3.31. The summed E-state index contributed by atoms with van der Waals surface area (Å²) >= 11 is 0. The van der Waals surface area contributed by atoms with E-state index in [2.05, 4.69) is 0 Å². The Hall–Kier alpha value is -2.24. The van der Waals surface area contributed by atoms with Gasteiger partial charge in [0.25, 0.3) is 0 Å². The number of hydrogen-bond acceptors (Lipinski definition) is 4. The van der Waals surface area contributed by atoms with Gasteiger partial charge < -0.3 is 19.5 Å². The van der Waals surface area contributed by atoms with Crippen LogP contribution in [0, 0.1) is 5.92 Å². The summed E-state index contributed by atoms with van der Waals surface area (Å²) in [7, 11) is 0. The van der Waals surface area contributed by atoms with Crippen LogP contribution in [-0.2, 0) is 9.59 Å². The topological polar surface area (TPSA) is 76.1 Å². The van der Waals surface area contributed by atoms with Crippen molar-refractivity contribution in [1.29, 1.82) is 0 Å². The lowest BCUT2D eigenvalue weighted by molar-refractivity contribution is -0.141. The number of ether oxygens (including phenoxy) is 2. The summed E-state index contributed by atoms with van der Waals surface area (Å²) in [4.78, 5) is 24.6. The number of carbonyl (C=O) groups is 2. The molecule has 1 aliphatic rings. The molecule has 1 amide bonds. The Labute approximate surface area is 123 Å². The van der Waals surface area contributed by atoms with Crippen molar-refractivity contribution in [3.05, 3.63) is 18.2 Å². The van der Waals surface area contributed by atoms with Crippen molar-refractivity contribution in [1.82, 2.24) is 0 Å². The van der Waals surface area contributed by atoms with Crippen LogP contribution in [0.3, 0.4) is 0 Å². The van der Waals surface area contributed by atoms with Crippen LogP contribution in [0.25, 0.3) is 0 Å². The van der Waals surface area contributed by atoms with E-state index in [1.54, 1.807) is 18.2 Å². The van der Waals surface area contributed by atoms with Crippen molar-refractivity contribution in [3.63, 3.8) is 0 Å². The molecule has 1 unspecified atom stereocenters. The number of hydrogen-bond donors (Lipinski definition) is 1. The summed E-state index contributed by atoms with van der Waals surface area (Å²) in [6, 6.07) is 5.23. The molecule has 114 valence electrons. The zero-order chi connectivity index (χ0) is 15.4. The van der Waals surface area contributed by atoms with Crippen LogP contribution >= 0.6 is 0 Å². The van der Waals surface area contributed by atoms with E-state index in [-0.39, 0.29) is 18.9 Å². The molecule has 0 saturated carbocycles. The van der Waals surface area contributed by atoms with E-state index in [9.17, 15) is 9.59 Å². The molecule has 0 aliphatic carbocycles. The number of carboxylic acid groups (broad SMARTS) is 1. The maximum Gasteiger partial charge on any atom is 0.308 e. The summed E-state index contributed by atoms with van der Waals surface area (Å²) in [5.74, 6) is -0.660. The summed E-state index contributed by atoms with van der Waals surface area (Å²) in [5, 5.41) is 9.07. The summed E-state index contributed by atoms with van der Waals surface area (Å²) in [6.45, 7) is 4.86. The van der Waals surface area contributed by atoms with Crippen LogP contribution in [0.4, 0.5) is 5.69 Å². The van der Waals surface area contributed by atoms with Crippen LogP contribution < -0.4 is 14.4 Å². The third-order valence-electron chi connectivity index (χ3n) is 3.31. The zero-order valence-corrected chi connectivity index (χ0v) is 12.2. The number of carboxylic acids is 1. The van der Waals surface area contributed by atoms with Gasteiger partial charge in [-0.2, -0.15) is 0 Å². The number of carbonyl (C=O) groups excluding carboxylic acids is 1. The smallest absolute Gasteiger partial charge is 0.308 e. The van der Waals surface area contributed by atoms with E-state index < -0.39 is 11.9 Å². The Morgan fingerprint density at radius 1 is 1.33 bits per heavy atom. The molecular formula is C15H19NO5. The van der Waals surface area contributed by atoms with E-state index in [1.165, 1.54) is 4.90 Å². The van der Waals surface area contributed by atoms with E-state index in [0.717, 1.165) is 0 Å². The van der Waals surface area contributed by atoms with Gasteiger partial charge in [-0.1, -0.05) is 0 Å². The van der Waals surface area contributed by atoms with Gasteiger partial charge in [0.2, 0.25) is 5.91 Å². The second-order valence-electron chi connectivity index (χ2n) is 4.74. The Balaban J connectivity index is 2.33. The Morgan fingerprint density at radius 3 is 2.62 bits per heavy atom. The first-order chi connectivity index (χ1) is 10.1. The van der Waals surface area contributed by atoms with Gasteiger partial charge in [-0.3, -0.25) is 9.59 Å². The highest BCUT2D eigenvalue weighted by Crippen LogP contribution is 2.36. The highest BCUT2D eigenvalue weighted by Gasteiger charge is 2.36. The van der Waals surface area contributed by atoms with Gasteiger partial charge in [0, 0.05) is 19.0 Å². The molecular weight excluding hydrogens is 274 g/mol. The second-order valence-corrected chi connectivity index (χ2v) is 4.74. The second kappa shape index (κ2) is 6.47. The normalized spacial score (nSPS) is 17.9. The van der Waals surface area contributed by atoms with E-state index in [0.29, 0.717) is 30.4 Å². The predicted octanol–water partition coefficient (Wildman–Crippen LogP) is 1.92. The van der Waals surface area contributed by atoms with Crippen molar-refractivity contribution < 1.29 is 24.2 Å². The summed E-state index contributed by atoms with van der Waals surface area (Å²) in [5.41, 5.74) is 0.566. The molecule has 0 radical (unpaired) electrons. The van der Waals surface area contributed by atoms with Gasteiger partial charge in [0.15, 0.2) is 0 Å². The zero-order valence-electron chi connectivity index (χ0n) is 12.2. The van der Waals surface area contributed by atoms with Gasteiger partial charge in [0.05, 0.1) is 24.8 Å². The molecule has 1 atom stereocenters. The van der Waals surface area contributed by atoms with E-state index >= 15 is 0 Å². The number of rotatable bonds is 6. The SMILES string of the molecule is CCOc1ccc(OCC)c(N2CC(C(=O)O)CC2=O)c1. The van der Waals surface area contributed by atoms with Crippen LogP contribution in [0.5, 0.6) is 11.5 Å². The molecule has 2 rings (SSSR count). The molecule has 0 bridgehead atoms. The first-order valence-corrected chi connectivity index (χ1v) is 6.99. The maximum atomic E-state index is 12.1. The molecule has 1 aromatic rings. The lowest BCUT2D eigenvalue weighted by Gasteiger charge is -2.20. The number of aliphatic carboxylic acids is 1. The van der Waals surface area contributed by atoms with Crippen LogP contribution in [0.15, 0.2) is 18.2 Å². The summed E-state index contributed by atoms with van der Waals surface area (Å²) in [6.07, 6.45) is 0.0137. The molecule has 6 heteroatoms. The van der Waals surface area contributed by atoms with Gasteiger partial charge in [0.1, 0.15) is 11.5 Å². The quantitative estimate of drug-likeness (QED) is 0.867. The van der Waals surface area contributed by atoms with Crippen LogP contribution in [0.1, 0.15) is 20.3 Å². The number of nitrogens with zero attached hydrogens (tertiary/aromatic N) is 1. The first-order valence-electron chi connectivity index (χ1n) is 6.99. The van der Waals surface area contributed by atoms with Crippen LogP contribution in [0.2, 0.25) is 0 Å². The molecule has 1 heterocycles. The molecule has 6 nitrogen and oxygen atoms in total. The first kappa shape index (κ1) is 15.2. The molecule has 1 aliphatic heterocycles. The largest absolute Gasteiger partial charge is 0.494 e. The maximum absolute atomic E-state index is 12.1. The molecule has 0 spiro atoms. The average molecular weight is 293 g/mol. The molecule has 1 fully saturated rings. The molecule has 0 aromatic heterocycles.